The molecule has 0 aromatic rings. The second-order valence-electron chi connectivity index (χ2n) is 6.38. The SMILES string of the molecule is COC(=O)CC1C2OC(C)C1C(C)(CO)C2(C)CO. The topological polar surface area (TPSA) is 76.0 Å². The number of fused-ring (bicyclic) bond motifs is 2. The highest BCUT2D eigenvalue weighted by Crippen LogP contribution is 2.65. The van der Waals surface area contributed by atoms with E-state index in [2.05, 4.69) is 0 Å². The van der Waals surface area contributed by atoms with Crippen LogP contribution in [-0.4, -0.2) is 48.7 Å². The lowest BCUT2D eigenvalue weighted by Crippen LogP contribution is -2.53. The van der Waals surface area contributed by atoms with E-state index in [1.165, 1.54) is 7.11 Å². The highest BCUT2D eigenvalue weighted by molar-refractivity contribution is 5.69. The van der Waals surface area contributed by atoms with Crippen LogP contribution in [0.1, 0.15) is 27.2 Å². The van der Waals surface area contributed by atoms with Crippen molar-refractivity contribution in [3.8, 4) is 0 Å². The van der Waals surface area contributed by atoms with Gasteiger partial charge < -0.3 is 19.7 Å². The first-order valence-electron chi connectivity index (χ1n) is 6.79. The normalized spacial score (nSPS) is 48.5. The molecule has 0 radical (unpaired) electrons. The quantitative estimate of drug-likeness (QED) is 0.732. The third-order valence-electron chi connectivity index (χ3n) is 5.67. The average Bonchev–Trinajstić information content (AvgIpc) is 2.81. The zero-order chi connectivity index (χ0) is 14.4. The van der Waals surface area contributed by atoms with E-state index in [4.69, 9.17) is 9.47 Å². The summed E-state index contributed by atoms with van der Waals surface area (Å²) in [4.78, 5) is 11.6. The molecule has 1 aliphatic heterocycles. The molecule has 110 valence electrons. The van der Waals surface area contributed by atoms with Crippen molar-refractivity contribution in [3.05, 3.63) is 0 Å². The summed E-state index contributed by atoms with van der Waals surface area (Å²) in [7, 11) is 1.37. The zero-order valence-corrected chi connectivity index (χ0v) is 12.0. The highest BCUT2D eigenvalue weighted by atomic mass is 16.5. The van der Waals surface area contributed by atoms with E-state index in [1.54, 1.807) is 0 Å². The minimum absolute atomic E-state index is 0.00301. The predicted molar refractivity (Wildman–Crippen MR) is 68.3 cm³/mol. The minimum atomic E-state index is -0.530. The van der Waals surface area contributed by atoms with Gasteiger partial charge in [0, 0.05) is 23.4 Å². The van der Waals surface area contributed by atoms with Crippen LogP contribution in [0.2, 0.25) is 0 Å². The molecule has 6 atom stereocenters. The summed E-state index contributed by atoms with van der Waals surface area (Å²) < 4.78 is 10.7. The van der Waals surface area contributed by atoms with Gasteiger partial charge in [-0.25, -0.2) is 0 Å². The molecule has 6 unspecified atom stereocenters. The molecule has 2 fully saturated rings. The van der Waals surface area contributed by atoms with E-state index < -0.39 is 10.8 Å². The molecule has 0 aromatic carbocycles. The number of hydrogen-bond acceptors (Lipinski definition) is 5. The lowest BCUT2D eigenvalue weighted by molar-refractivity contribution is -0.171. The Labute approximate surface area is 113 Å². The number of carbonyl (C=O) groups excluding carboxylic acids is 1. The molecule has 19 heavy (non-hydrogen) atoms. The van der Waals surface area contributed by atoms with Crippen molar-refractivity contribution in [1.82, 2.24) is 0 Å². The number of aliphatic hydroxyl groups excluding tert-OH is 2. The molecular weight excluding hydrogens is 248 g/mol. The standard InChI is InChI=1S/C14H24O5/c1-8-11-9(5-10(17)18-4)12(19-8)14(3,7-16)13(11,2)6-15/h8-9,11-12,15-16H,5-7H2,1-4H3. The maximum Gasteiger partial charge on any atom is 0.305 e. The fourth-order valence-corrected chi connectivity index (χ4v) is 4.34. The first-order chi connectivity index (χ1) is 8.85. The Morgan fingerprint density at radius 3 is 2.32 bits per heavy atom. The molecule has 1 saturated heterocycles. The number of methoxy groups -OCH3 is 1. The van der Waals surface area contributed by atoms with E-state index in [0.29, 0.717) is 0 Å². The Morgan fingerprint density at radius 2 is 1.84 bits per heavy atom. The minimum Gasteiger partial charge on any atom is -0.469 e. The van der Waals surface area contributed by atoms with Crippen LogP contribution >= 0.6 is 0 Å². The molecular formula is C14H24O5. The third kappa shape index (κ3) is 1.75. The van der Waals surface area contributed by atoms with Crippen molar-refractivity contribution in [2.75, 3.05) is 20.3 Å². The van der Waals surface area contributed by atoms with Crippen molar-refractivity contribution in [1.29, 1.82) is 0 Å². The van der Waals surface area contributed by atoms with Gasteiger partial charge in [-0.2, -0.15) is 0 Å². The summed E-state index contributed by atoms with van der Waals surface area (Å²) in [5.41, 5.74) is -0.972. The molecule has 5 heteroatoms. The van der Waals surface area contributed by atoms with Gasteiger partial charge in [-0.1, -0.05) is 13.8 Å². The first-order valence-corrected chi connectivity index (χ1v) is 6.79. The number of esters is 1. The van der Waals surface area contributed by atoms with Gasteiger partial charge in [0.1, 0.15) is 0 Å². The fraction of sp³-hybridized carbons (Fsp3) is 0.929. The molecule has 0 aromatic heterocycles. The van der Waals surface area contributed by atoms with Crippen LogP contribution in [0.5, 0.6) is 0 Å². The van der Waals surface area contributed by atoms with Gasteiger partial charge >= 0.3 is 5.97 Å². The molecule has 2 rings (SSSR count). The van der Waals surface area contributed by atoms with Crippen molar-refractivity contribution in [2.45, 2.75) is 39.4 Å². The predicted octanol–water partition coefficient (Wildman–Crippen LogP) is 0.580. The van der Waals surface area contributed by atoms with Crippen molar-refractivity contribution < 1.29 is 24.5 Å². The summed E-state index contributed by atoms with van der Waals surface area (Å²) in [6.45, 7) is 5.81. The highest BCUT2D eigenvalue weighted by Gasteiger charge is 2.70. The number of aliphatic hydroxyl groups is 2. The Morgan fingerprint density at radius 1 is 1.26 bits per heavy atom. The van der Waals surface area contributed by atoms with Crippen molar-refractivity contribution in [2.24, 2.45) is 22.7 Å². The van der Waals surface area contributed by atoms with Gasteiger partial charge in [-0.05, 0) is 12.8 Å². The van der Waals surface area contributed by atoms with Crippen LogP contribution in [0, 0.1) is 22.7 Å². The molecule has 2 aliphatic rings. The lowest BCUT2D eigenvalue weighted by atomic mass is 9.62. The van der Waals surface area contributed by atoms with Crippen molar-refractivity contribution in [3.63, 3.8) is 0 Å². The maximum atomic E-state index is 11.6. The van der Waals surface area contributed by atoms with Crippen LogP contribution in [-0.2, 0) is 14.3 Å². The van der Waals surface area contributed by atoms with Gasteiger partial charge in [-0.15, -0.1) is 0 Å². The summed E-state index contributed by atoms with van der Waals surface area (Å²) in [6, 6.07) is 0. The Kier molecular flexibility index (Phi) is 3.66. The van der Waals surface area contributed by atoms with Gasteiger partial charge in [-0.3, -0.25) is 4.79 Å². The second kappa shape index (κ2) is 4.72. The maximum absolute atomic E-state index is 11.6. The summed E-state index contributed by atoms with van der Waals surface area (Å²) in [5, 5.41) is 19.7. The van der Waals surface area contributed by atoms with Crippen LogP contribution in [0.25, 0.3) is 0 Å². The molecule has 2 bridgehead atoms. The van der Waals surface area contributed by atoms with E-state index >= 15 is 0 Å². The molecule has 2 N–H and O–H groups in total. The number of hydrogen-bond donors (Lipinski definition) is 2. The molecule has 1 heterocycles. The van der Waals surface area contributed by atoms with Crippen LogP contribution in [0.15, 0.2) is 0 Å². The lowest BCUT2D eigenvalue weighted by Gasteiger charge is -2.49. The van der Waals surface area contributed by atoms with Gasteiger partial charge in [0.05, 0.1) is 32.3 Å². The van der Waals surface area contributed by atoms with E-state index in [-0.39, 0.29) is 49.6 Å². The summed E-state index contributed by atoms with van der Waals surface area (Å²) >= 11 is 0. The largest absolute Gasteiger partial charge is 0.469 e. The van der Waals surface area contributed by atoms with Gasteiger partial charge in [0.15, 0.2) is 0 Å². The number of rotatable bonds is 4. The first kappa shape index (κ1) is 14.8. The average molecular weight is 272 g/mol. The van der Waals surface area contributed by atoms with Crippen molar-refractivity contribution >= 4 is 5.97 Å². The monoisotopic (exact) mass is 272 g/mol. The number of carbonyl (C=O) groups is 1. The molecule has 1 saturated carbocycles. The smallest absolute Gasteiger partial charge is 0.305 e. The van der Waals surface area contributed by atoms with E-state index in [9.17, 15) is 15.0 Å². The molecule has 0 amide bonds. The fourth-order valence-electron chi connectivity index (χ4n) is 4.34. The van der Waals surface area contributed by atoms with E-state index in [1.807, 2.05) is 20.8 Å². The zero-order valence-electron chi connectivity index (χ0n) is 12.0. The second-order valence-corrected chi connectivity index (χ2v) is 6.38. The van der Waals surface area contributed by atoms with Crippen LogP contribution in [0.4, 0.5) is 0 Å². The third-order valence-corrected chi connectivity index (χ3v) is 5.67. The van der Waals surface area contributed by atoms with Crippen LogP contribution in [0.3, 0.4) is 0 Å². The van der Waals surface area contributed by atoms with E-state index in [0.717, 1.165) is 0 Å². The molecule has 1 aliphatic carbocycles. The van der Waals surface area contributed by atoms with Gasteiger partial charge in [0.25, 0.3) is 0 Å². The summed E-state index contributed by atoms with van der Waals surface area (Å²) in [6.07, 6.45) is 0.0478. The summed E-state index contributed by atoms with van der Waals surface area (Å²) in [5.74, 6) is -0.212. The van der Waals surface area contributed by atoms with Crippen LogP contribution < -0.4 is 0 Å². The molecule has 0 spiro atoms. The Balaban J connectivity index is 2.37. The Bertz CT molecular complexity index is 371. The molecule has 5 nitrogen and oxygen atoms in total. The van der Waals surface area contributed by atoms with Gasteiger partial charge in [0.2, 0.25) is 0 Å². The number of ether oxygens (including phenoxy) is 2. The Hall–Kier alpha value is -0.650.